The monoisotopic (exact) mass is 367 g/mol. The van der Waals surface area contributed by atoms with E-state index < -0.39 is 11.2 Å². The van der Waals surface area contributed by atoms with Crippen molar-refractivity contribution in [1.82, 2.24) is 14.5 Å². The maximum Gasteiger partial charge on any atom is 0.327 e. The lowest BCUT2D eigenvalue weighted by atomic mass is 10.1. The minimum atomic E-state index is -0.558. The molecule has 6 nitrogen and oxygen atoms in total. The van der Waals surface area contributed by atoms with Crippen LogP contribution in [0.15, 0.2) is 64.2 Å². The van der Waals surface area contributed by atoms with E-state index in [1.165, 1.54) is 0 Å². The zero-order valence-electron chi connectivity index (χ0n) is 13.7. The van der Waals surface area contributed by atoms with Crippen LogP contribution in [-0.2, 0) is 0 Å². The van der Waals surface area contributed by atoms with Crippen LogP contribution in [0.1, 0.15) is 0 Å². The largest absolute Gasteiger partial charge is 0.497 e. The number of nitrogens with zero attached hydrogens (tertiary/aromatic N) is 1. The number of halogens is 1. The normalized spacial score (nSPS) is 11.0. The molecular weight excluding hydrogens is 354 g/mol. The molecule has 0 atom stereocenters. The first-order valence-electron chi connectivity index (χ1n) is 7.85. The van der Waals surface area contributed by atoms with Crippen molar-refractivity contribution in [2.75, 3.05) is 7.11 Å². The molecule has 0 saturated heterocycles. The number of benzene rings is 2. The van der Waals surface area contributed by atoms with Crippen LogP contribution in [0.5, 0.6) is 5.75 Å². The Morgan fingerprint density at radius 3 is 2.31 bits per heavy atom. The molecule has 2 aromatic carbocycles. The van der Waals surface area contributed by atoms with Gasteiger partial charge in [0.1, 0.15) is 11.4 Å². The van der Waals surface area contributed by atoms with Crippen LogP contribution in [0.2, 0.25) is 5.02 Å². The Morgan fingerprint density at radius 1 is 0.962 bits per heavy atom. The minimum Gasteiger partial charge on any atom is -0.497 e. The van der Waals surface area contributed by atoms with Crippen molar-refractivity contribution < 1.29 is 4.74 Å². The first-order chi connectivity index (χ1) is 12.6. The third kappa shape index (κ3) is 2.70. The number of aromatic nitrogens is 3. The fraction of sp³-hybridized carbons (Fsp3) is 0.0526. The third-order valence-corrected chi connectivity index (χ3v) is 4.43. The van der Waals surface area contributed by atoms with Crippen molar-refractivity contribution in [3.05, 3.63) is 80.5 Å². The highest BCUT2D eigenvalue weighted by atomic mass is 35.5. The summed E-state index contributed by atoms with van der Waals surface area (Å²) in [4.78, 5) is 29.0. The fourth-order valence-electron chi connectivity index (χ4n) is 2.95. The zero-order chi connectivity index (χ0) is 18.3. The number of aromatic amines is 2. The minimum absolute atomic E-state index is 0.394. The van der Waals surface area contributed by atoms with Crippen molar-refractivity contribution >= 4 is 22.6 Å². The predicted octanol–water partition coefficient (Wildman–Crippen LogP) is 3.34. The van der Waals surface area contributed by atoms with Gasteiger partial charge in [0.15, 0.2) is 0 Å². The number of fused-ring (bicyclic) bond motifs is 1. The number of H-pyrrole nitrogens is 2. The molecule has 0 aliphatic carbocycles. The molecule has 0 unspecified atom stereocenters. The summed E-state index contributed by atoms with van der Waals surface area (Å²) in [6.45, 7) is 0. The summed E-state index contributed by atoms with van der Waals surface area (Å²) >= 11 is 6.00. The lowest BCUT2D eigenvalue weighted by Crippen LogP contribution is -2.22. The number of hydrogen-bond acceptors (Lipinski definition) is 3. The van der Waals surface area contributed by atoms with Crippen molar-refractivity contribution in [2.45, 2.75) is 0 Å². The van der Waals surface area contributed by atoms with Crippen molar-refractivity contribution in [2.24, 2.45) is 0 Å². The second-order valence-corrected chi connectivity index (χ2v) is 6.18. The molecule has 26 heavy (non-hydrogen) atoms. The number of rotatable bonds is 3. The number of hydrogen-bond donors (Lipinski definition) is 2. The average molecular weight is 368 g/mol. The molecule has 7 heteroatoms. The smallest absolute Gasteiger partial charge is 0.327 e. The Hall–Kier alpha value is -3.25. The van der Waals surface area contributed by atoms with Gasteiger partial charge in [-0.3, -0.25) is 19.3 Å². The van der Waals surface area contributed by atoms with E-state index in [-0.39, 0.29) is 0 Å². The Bertz CT molecular complexity index is 1200. The Morgan fingerprint density at radius 2 is 1.65 bits per heavy atom. The van der Waals surface area contributed by atoms with E-state index in [2.05, 4.69) is 9.97 Å². The van der Waals surface area contributed by atoms with Gasteiger partial charge < -0.3 is 4.74 Å². The van der Waals surface area contributed by atoms with Gasteiger partial charge in [0.05, 0.1) is 18.2 Å². The highest BCUT2D eigenvalue weighted by molar-refractivity contribution is 6.30. The molecule has 4 aromatic rings. The maximum atomic E-state index is 12.3. The Balaban J connectivity index is 2.06. The van der Waals surface area contributed by atoms with Crippen LogP contribution < -0.4 is 16.0 Å². The van der Waals surface area contributed by atoms with Crippen LogP contribution >= 0.6 is 11.6 Å². The predicted molar refractivity (Wildman–Crippen MR) is 102 cm³/mol. The molecule has 4 rings (SSSR count). The van der Waals surface area contributed by atoms with Crippen LogP contribution in [0, 0.1) is 0 Å². The van der Waals surface area contributed by atoms with E-state index in [4.69, 9.17) is 16.3 Å². The van der Waals surface area contributed by atoms with E-state index >= 15 is 0 Å². The van der Waals surface area contributed by atoms with E-state index in [1.54, 1.807) is 25.3 Å². The van der Waals surface area contributed by atoms with Crippen LogP contribution in [0.3, 0.4) is 0 Å². The maximum absolute atomic E-state index is 12.3. The molecule has 0 spiro atoms. The van der Waals surface area contributed by atoms with Crippen molar-refractivity contribution in [1.29, 1.82) is 0 Å². The first-order valence-corrected chi connectivity index (χ1v) is 8.23. The average Bonchev–Trinajstić information content (AvgIpc) is 3.02. The van der Waals surface area contributed by atoms with Gasteiger partial charge in [-0.2, -0.15) is 0 Å². The van der Waals surface area contributed by atoms with Gasteiger partial charge in [0.2, 0.25) is 0 Å². The molecule has 0 bridgehead atoms. The van der Waals surface area contributed by atoms with Crippen molar-refractivity contribution in [3.63, 3.8) is 0 Å². The molecule has 0 aliphatic rings. The van der Waals surface area contributed by atoms with Gasteiger partial charge in [0.25, 0.3) is 5.56 Å². The third-order valence-electron chi connectivity index (χ3n) is 4.17. The van der Waals surface area contributed by atoms with E-state index in [0.717, 1.165) is 22.7 Å². The SMILES string of the molecule is COc1ccc(-c2cc3c(=O)[nH]c(=O)[nH]c3n2-c2ccc(Cl)cc2)cc1. The second kappa shape index (κ2) is 6.24. The molecule has 0 radical (unpaired) electrons. The second-order valence-electron chi connectivity index (χ2n) is 5.74. The fourth-order valence-corrected chi connectivity index (χ4v) is 3.07. The van der Waals surface area contributed by atoms with Gasteiger partial charge in [-0.15, -0.1) is 0 Å². The molecule has 2 aromatic heterocycles. The Kier molecular flexibility index (Phi) is 3.89. The summed E-state index contributed by atoms with van der Waals surface area (Å²) in [5.74, 6) is 0.731. The molecule has 0 amide bonds. The summed E-state index contributed by atoms with van der Waals surface area (Å²) in [5, 5.41) is 0.993. The zero-order valence-corrected chi connectivity index (χ0v) is 14.5. The van der Waals surface area contributed by atoms with Crippen molar-refractivity contribution in [3.8, 4) is 22.7 Å². The summed E-state index contributed by atoms with van der Waals surface area (Å²) in [7, 11) is 1.60. The van der Waals surface area contributed by atoms with Gasteiger partial charge >= 0.3 is 5.69 Å². The van der Waals surface area contributed by atoms with Gasteiger partial charge in [-0.05, 0) is 60.2 Å². The highest BCUT2D eigenvalue weighted by Gasteiger charge is 2.16. The van der Waals surface area contributed by atoms with E-state index in [1.807, 2.05) is 41.0 Å². The van der Waals surface area contributed by atoms with Crippen LogP contribution in [0.25, 0.3) is 28.0 Å². The topological polar surface area (TPSA) is 79.9 Å². The van der Waals surface area contributed by atoms with E-state index in [9.17, 15) is 9.59 Å². The quantitative estimate of drug-likeness (QED) is 0.583. The van der Waals surface area contributed by atoms with Gasteiger partial charge in [-0.25, -0.2) is 4.79 Å². The van der Waals surface area contributed by atoms with E-state index in [0.29, 0.717) is 16.1 Å². The van der Waals surface area contributed by atoms with Gasteiger partial charge in [0, 0.05) is 10.7 Å². The molecule has 2 N–H and O–H groups in total. The summed E-state index contributed by atoms with van der Waals surface area (Å²) in [6.07, 6.45) is 0. The summed E-state index contributed by atoms with van der Waals surface area (Å²) in [6, 6.07) is 16.4. The number of methoxy groups -OCH3 is 1. The summed E-state index contributed by atoms with van der Waals surface area (Å²) in [5.41, 5.74) is 1.83. The molecule has 2 heterocycles. The molecule has 0 saturated carbocycles. The lowest BCUT2D eigenvalue weighted by molar-refractivity contribution is 0.415. The first kappa shape index (κ1) is 16.2. The van der Waals surface area contributed by atoms with Gasteiger partial charge in [-0.1, -0.05) is 11.6 Å². The van der Waals surface area contributed by atoms with Crippen LogP contribution in [-0.4, -0.2) is 21.6 Å². The standard InChI is InChI=1S/C19H14ClN3O3/c1-26-14-8-2-11(3-9-14)16-10-15-17(21-19(25)22-18(15)24)23(16)13-6-4-12(20)5-7-13/h2-10H,1H3,(H2,21,22,24,25). The lowest BCUT2D eigenvalue weighted by Gasteiger charge is -2.11. The number of ether oxygens (including phenoxy) is 1. The molecule has 0 fully saturated rings. The highest BCUT2D eigenvalue weighted by Crippen LogP contribution is 2.30. The van der Waals surface area contributed by atoms with Crippen LogP contribution in [0.4, 0.5) is 0 Å². The number of nitrogens with one attached hydrogen (secondary N) is 2. The molecule has 0 aliphatic heterocycles. The summed E-state index contributed by atoms with van der Waals surface area (Å²) < 4.78 is 7.03. The Labute approximate surface area is 152 Å². The molecular formula is C19H14ClN3O3. The molecule has 130 valence electrons.